The first-order valence-corrected chi connectivity index (χ1v) is 11.7. The van der Waals surface area contributed by atoms with Crippen LogP contribution in [0.15, 0.2) is 40.4 Å². The summed E-state index contributed by atoms with van der Waals surface area (Å²) < 4.78 is 10.5. The van der Waals surface area contributed by atoms with Gasteiger partial charge < -0.3 is 19.3 Å². The number of carbonyl (C=O) groups is 2. The van der Waals surface area contributed by atoms with Gasteiger partial charge in [0.05, 0.1) is 26.3 Å². The fraction of sp³-hybridized carbons (Fsp3) is 0.318. The lowest BCUT2D eigenvalue weighted by Crippen LogP contribution is -2.51. The number of ether oxygens (including phenoxy) is 2. The van der Waals surface area contributed by atoms with Crippen molar-refractivity contribution >= 4 is 34.5 Å². The topological polar surface area (TPSA) is 72.0 Å². The average molecular weight is 458 g/mol. The van der Waals surface area contributed by atoms with Crippen LogP contribution in [0.1, 0.15) is 16.1 Å². The zero-order valence-electron chi connectivity index (χ0n) is 17.4. The SMILES string of the molecule is COc1cc(OC)cc(C(=O)N2CCN(C(=O)Cc3csc(-c4ccsc4)n3)CC2)c1. The van der Waals surface area contributed by atoms with Crippen LogP contribution in [0.4, 0.5) is 0 Å². The normalized spacial score (nSPS) is 13.9. The first-order valence-electron chi connectivity index (χ1n) is 9.84. The van der Waals surface area contributed by atoms with E-state index in [2.05, 4.69) is 10.4 Å². The summed E-state index contributed by atoms with van der Waals surface area (Å²) in [6, 6.07) is 7.17. The highest BCUT2D eigenvalue weighted by Crippen LogP contribution is 2.26. The maximum absolute atomic E-state index is 12.9. The van der Waals surface area contributed by atoms with E-state index in [4.69, 9.17) is 9.47 Å². The number of nitrogens with zero attached hydrogens (tertiary/aromatic N) is 3. The van der Waals surface area contributed by atoms with Crippen LogP contribution in [0.3, 0.4) is 0 Å². The molecule has 4 rings (SSSR count). The highest BCUT2D eigenvalue weighted by molar-refractivity contribution is 7.14. The van der Waals surface area contributed by atoms with Crippen molar-refractivity contribution in [3.8, 4) is 22.1 Å². The Morgan fingerprint density at radius 3 is 2.29 bits per heavy atom. The fourth-order valence-electron chi connectivity index (χ4n) is 3.45. The predicted octanol–water partition coefficient (Wildman–Crippen LogP) is 3.42. The molecule has 0 unspecified atom stereocenters. The van der Waals surface area contributed by atoms with Crippen molar-refractivity contribution in [3.63, 3.8) is 0 Å². The minimum atomic E-state index is -0.0933. The lowest BCUT2D eigenvalue weighted by molar-refractivity contribution is -0.132. The first kappa shape index (κ1) is 21.3. The van der Waals surface area contributed by atoms with Crippen molar-refractivity contribution in [2.45, 2.75) is 6.42 Å². The Hall–Kier alpha value is -2.91. The Kier molecular flexibility index (Phi) is 6.53. The number of methoxy groups -OCH3 is 2. The number of amides is 2. The summed E-state index contributed by atoms with van der Waals surface area (Å²) in [5, 5.41) is 6.96. The molecule has 1 fully saturated rings. The lowest BCUT2D eigenvalue weighted by atomic mass is 10.1. The zero-order chi connectivity index (χ0) is 21.8. The summed E-state index contributed by atoms with van der Waals surface area (Å²) in [5.41, 5.74) is 2.40. The standard InChI is InChI=1S/C22H23N3O4S2/c1-28-18-9-16(10-19(12-18)29-2)22(27)25-6-4-24(5-7-25)20(26)11-17-14-31-21(23-17)15-3-8-30-13-15/h3,8-10,12-14H,4-7,11H2,1-2H3. The summed E-state index contributed by atoms with van der Waals surface area (Å²) in [6.45, 7) is 1.99. The van der Waals surface area contributed by atoms with Crippen molar-refractivity contribution in [2.75, 3.05) is 40.4 Å². The first-order chi connectivity index (χ1) is 15.1. The van der Waals surface area contributed by atoms with Crippen LogP contribution in [-0.2, 0) is 11.2 Å². The zero-order valence-corrected chi connectivity index (χ0v) is 19.0. The number of rotatable bonds is 6. The Morgan fingerprint density at radius 1 is 1.00 bits per heavy atom. The Balaban J connectivity index is 1.34. The summed E-state index contributed by atoms with van der Waals surface area (Å²) in [6.07, 6.45) is 0.279. The van der Waals surface area contributed by atoms with Crippen LogP contribution in [0.5, 0.6) is 11.5 Å². The molecule has 1 aliphatic rings. The molecule has 162 valence electrons. The van der Waals surface area contributed by atoms with Crippen LogP contribution in [-0.4, -0.2) is 67.0 Å². The van der Waals surface area contributed by atoms with Crippen LogP contribution >= 0.6 is 22.7 Å². The molecule has 0 saturated carbocycles. The molecule has 1 aromatic carbocycles. The van der Waals surface area contributed by atoms with Crippen LogP contribution < -0.4 is 9.47 Å². The molecule has 0 spiro atoms. The lowest BCUT2D eigenvalue weighted by Gasteiger charge is -2.34. The van der Waals surface area contributed by atoms with Gasteiger partial charge in [-0.05, 0) is 23.6 Å². The molecule has 0 bridgehead atoms. The third-order valence-corrected chi connectivity index (χ3v) is 6.79. The maximum Gasteiger partial charge on any atom is 0.254 e. The summed E-state index contributed by atoms with van der Waals surface area (Å²) in [5.74, 6) is 1.09. The van der Waals surface area contributed by atoms with Crippen molar-refractivity contribution < 1.29 is 19.1 Å². The fourth-order valence-corrected chi connectivity index (χ4v) is 4.98. The number of thiophene rings is 1. The molecular weight excluding hydrogens is 434 g/mol. The number of benzene rings is 1. The van der Waals surface area contributed by atoms with Gasteiger partial charge in [0.1, 0.15) is 16.5 Å². The van der Waals surface area contributed by atoms with Gasteiger partial charge in [-0.15, -0.1) is 11.3 Å². The molecule has 3 heterocycles. The van der Waals surface area contributed by atoms with E-state index in [-0.39, 0.29) is 18.2 Å². The second-order valence-electron chi connectivity index (χ2n) is 7.11. The number of carbonyl (C=O) groups excluding carboxylic acids is 2. The molecule has 7 nitrogen and oxygen atoms in total. The van der Waals surface area contributed by atoms with Gasteiger partial charge in [-0.25, -0.2) is 4.98 Å². The number of piperazine rings is 1. The molecule has 0 aliphatic carbocycles. The van der Waals surface area contributed by atoms with Crippen molar-refractivity contribution in [1.29, 1.82) is 0 Å². The van der Waals surface area contributed by atoms with Crippen molar-refractivity contribution in [1.82, 2.24) is 14.8 Å². The molecule has 0 radical (unpaired) electrons. The summed E-state index contributed by atoms with van der Waals surface area (Å²) in [4.78, 5) is 33.8. The molecule has 9 heteroatoms. The van der Waals surface area contributed by atoms with E-state index in [1.165, 1.54) is 0 Å². The highest BCUT2D eigenvalue weighted by Gasteiger charge is 2.26. The van der Waals surface area contributed by atoms with E-state index in [9.17, 15) is 9.59 Å². The van der Waals surface area contributed by atoms with E-state index in [0.717, 1.165) is 16.3 Å². The summed E-state index contributed by atoms with van der Waals surface area (Å²) in [7, 11) is 3.11. The van der Waals surface area contributed by atoms with Gasteiger partial charge in [-0.2, -0.15) is 11.3 Å². The number of hydrogen-bond acceptors (Lipinski definition) is 7. The van der Waals surface area contributed by atoms with E-state index in [1.54, 1.807) is 64.9 Å². The van der Waals surface area contributed by atoms with Gasteiger partial charge >= 0.3 is 0 Å². The van der Waals surface area contributed by atoms with Gasteiger partial charge in [0.25, 0.3) is 5.91 Å². The molecule has 31 heavy (non-hydrogen) atoms. The maximum atomic E-state index is 12.9. The minimum Gasteiger partial charge on any atom is -0.497 e. The van der Waals surface area contributed by atoms with Gasteiger partial charge in [0, 0.05) is 54.1 Å². The summed E-state index contributed by atoms with van der Waals surface area (Å²) >= 11 is 3.19. The minimum absolute atomic E-state index is 0.0392. The quantitative estimate of drug-likeness (QED) is 0.567. The van der Waals surface area contributed by atoms with Gasteiger partial charge in [-0.1, -0.05) is 0 Å². The molecule has 0 N–H and O–H groups in total. The third-order valence-electron chi connectivity index (χ3n) is 5.17. The molecule has 0 atom stereocenters. The Morgan fingerprint density at radius 2 is 1.68 bits per heavy atom. The monoisotopic (exact) mass is 457 g/mol. The van der Waals surface area contributed by atoms with Gasteiger partial charge in [-0.3, -0.25) is 9.59 Å². The largest absolute Gasteiger partial charge is 0.497 e. The van der Waals surface area contributed by atoms with Crippen LogP contribution in [0.2, 0.25) is 0 Å². The van der Waals surface area contributed by atoms with E-state index < -0.39 is 0 Å². The van der Waals surface area contributed by atoms with E-state index in [1.807, 2.05) is 16.8 Å². The van der Waals surface area contributed by atoms with Gasteiger partial charge in [0.2, 0.25) is 5.91 Å². The molecular formula is C22H23N3O4S2. The smallest absolute Gasteiger partial charge is 0.254 e. The second-order valence-corrected chi connectivity index (χ2v) is 8.75. The number of aromatic nitrogens is 1. The molecule has 1 saturated heterocycles. The molecule has 2 aromatic heterocycles. The van der Waals surface area contributed by atoms with Crippen LogP contribution in [0, 0.1) is 0 Å². The van der Waals surface area contributed by atoms with E-state index >= 15 is 0 Å². The number of thiazole rings is 1. The van der Waals surface area contributed by atoms with E-state index in [0.29, 0.717) is 43.2 Å². The molecule has 2 amide bonds. The average Bonchev–Trinajstić information content (AvgIpc) is 3.50. The Bertz CT molecular complexity index is 1030. The van der Waals surface area contributed by atoms with Gasteiger partial charge in [0.15, 0.2) is 0 Å². The van der Waals surface area contributed by atoms with Crippen LogP contribution in [0.25, 0.3) is 10.6 Å². The van der Waals surface area contributed by atoms with Crippen molar-refractivity contribution in [2.24, 2.45) is 0 Å². The molecule has 1 aliphatic heterocycles. The molecule has 3 aromatic rings. The predicted molar refractivity (Wildman–Crippen MR) is 121 cm³/mol. The Labute approximate surface area is 188 Å². The second kappa shape index (κ2) is 9.49. The third kappa shape index (κ3) is 4.88. The van der Waals surface area contributed by atoms with Crippen molar-refractivity contribution in [3.05, 3.63) is 51.7 Å². The number of hydrogen-bond donors (Lipinski definition) is 0. The highest BCUT2D eigenvalue weighted by atomic mass is 32.1.